The summed E-state index contributed by atoms with van der Waals surface area (Å²) >= 11 is 0. The Labute approximate surface area is 129 Å². The first kappa shape index (κ1) is 14.9. The van der Waals surface area contributed by atoms with Crippen LogP contribution in [-0.4, -0.2) is 33.0 Å². The van der Waals surface area contributed by atoms with Gasteiger partial charge in [-0.2, -0.15) is 0 Å². The molecule has 0 atom stereocenters. The predicted molar refractivity (Wildman–Crippen MR) is 79.6 cm³/mol. The van der Waals surface area contributed by atoms with Gasteiger partial charge in [0, 0.05) is 18.2 Å². The van der Waals surface area contributed by atoms with Gasteiger partial charge in [-0.15, -0.1) is 0 Å². The van der Waals surface area contributed by atoms with Crippen molar-refractivity contribution in [2.75, 3.05) is 0 Å². The standard InChI is InChI=1S/C16H21N3O3/c1-9-17-8-13(14(18-9)10-2-3-10)15(20)19-12-6-4-11(5-7-12)16(21)22/h8,10-12H,2-7H2,1H3,(H,19,20)(H,21,22). The molecule has 0 saturated heterocycles. The Morgan fingerprint density at radius 2 is 1.86 bits per heavy atom. The van der Waals surface area contributed by atoms with Crippen LogP contribution in [0.5, 0.6) is 0 Å². The number of hydrogen-bond acceptors (Lipinski definition) is 4. The highest BCUT2D eigenvalue weighted by Crippen LogP contribution is 2.40. The Morgan fingerprint density at radius 1 is 1.18 bits per heavy atom. The lowest BCUT2D eigenvalue weighted by Gasteiger charge is -2.27. The Kier molecular flexibility index (Phi) is 4.09. The monoisotopic (exact) mass is 303 g/mol. The van der Waals surface area contributed by atoms with Gasteiger partial charge in [0.25, 0.3) is 5.91 Å². The first-order valence-electron chi connectivity index (χ1n) is 7.92. The van der Waals surface area contributed by atoms with E-state index in [1.807, 2.05) is 6.92 Å². The van der Waals surface area contributed by atoms with Crippen LogP contribution in [0.2, 0.25) is 0 Å². The summed E-state index contributed by atoms with van der Waals surface area (Å²) < 4.78 is 0. The zero-order chi connectivity index (χ0) is 15.7. The summed E-state index contributed by atoms with van der Waals surface area (Å²) in [5.74, 6) is -0.0306. The van der Waals surface area contributed by atoms with Crippen LogP contribution in [0, 0.1) is 12.8 Å². The molecule has 0 radical (unpaired) electrons. The van der Waals surface area contributed by atoms with Crippen LogP contribution in [0.1, 0.15) is 66.3 Å². The number of carbonyl (C=O) groups excluding carboxylic acids is 1. The van der Waals surface area contributed by atoms with Crippen molar-refractivity contribution in [2.24, 2.45) is 5.92 Å². The van der Waals surface area contributed by atoms with Crippen LogP contribution in [-0.2, 0) is 4.79 Å². The highest BCUT2D eigenvalue weighted by Gasteiger charge is 2.32. The molecule has 2 aliphatic carbocycles. The first-order valence-corrected chi connectivity index (χ1v) is 7.92. The lowest BCUT2D eigenvalue weighted by atomic mass is 9.86. The zero-order valence-corrected chi connectivity index (χ0v) is 12.7. The van der Waals surface area contributed by atoms with E-state index in [2.05, 4.69) is 15.3 Å². The SMILES string of the molecule is Cc1ncc(C(=O)NC2CCC(C(=O)O)CC2)c(C2CC2)n1. The van der Waals surface area contributed by atoms with Gasteiger partial charge in [-0.3, -0.25) is 9.59 Å². The summed E-state index contributed by atoms with van der Waals surface area (Å²) in [6, 6.07) is 0.0523. The molecule has 0 aromatic carbocycles. The molecule has 22 heavy (non-hydrogen) atoms. The first-order chi connectivity index (χ1) is 10.5. The number of aliphatic carboxylic acids is 1. The fourth-order valence-electron chi connectivity index (χ4n) is 3.08. The minimum atomic E-state index is -0.729. The summed E-state index contributed by atoms with van der Waals surface area (Å²) in [5.41, 5.74) is 1.44. The number of nitrogens with zero attached hydrogens (tertiary/aromatic N) is 2. The Hall–Kier alpha value is -1.98. The highest BCUT2D eigenvalue weighted by atomic mass is 16.4. The molecule has 2 N–H and O–H groups in total. The Balaban J connectivity index is 1.64. The van der Waals surface area contributed by atoms with Gasteiger partial charge < -0.3 is 10.4 Å². The maximum absolute atomic E-state index is 12.5. The molecule has 0 spiro atoms. The van der Waals surface area contributed by atoms with Crippen molar-refractivity contribution in [3.8, 4) is 0 Å². The van der Waals surface area contributed by atoms with Crippen molar-refractivity contribution >= 4 is 11.9 Å². The van der Waals surface area contributed by atoms with Gasteiger partial charge in [0.05, 0.1) is 17.2 Å². The van der Waals surface area contributed by atoms with Crippen molar-refractivity contribution in [2.45, 2.75) is 57.4 Å². The van der Waals surface area contributed by atoms with Gasteiger partial charge >= 0.3 is 5.97 Å². The summed E-state index contributed by atoms with van der Waals surface area (Å²) in [4.78, 5) is 32.0. The minimum Gasteiger partial charge on any atom is -0.481 e. The minimum absolute atomic E-state index is 0.0523. The van der Waals surface area contributed by atoms with Crippen molar-refractivity contribution in [1.82, 2.24) is 15.3 Å². The van der Waals surface area contributed by atoms with Crippen LogP contribution >= 0.6 is 0 Å². The molecule has 0 aliphatic heterocycles. The maximum Gasteiger partial charge on any atom is 0.306 e. The van der Waals surface area contributed by atoms with Crippen molar-refractivity contribution < 1.29 is 14.7 Å². The van der Waals surface area contributed by atoms with E-state index in [0.717, 1.165) is 18.5 Å². The average molecular weight is 303 g/mol. The Bertz CT molecular complexity index is 590. The van der Waals surface area contributed by atoms with Gasteiger partial charge in [0.1, 0.15) is 5.82 Å². The van der Waals surface area contributed by atoms with Crippen LogP contribution in [0.15, 0.2) is 6.20 Å². The largest absolute Gasteiger partial charge is 0.481 e. The molecular weight excluding hydrogens is 282 g/mol. The molecule has 0 unspecified atom stereocenters. The molecule has 2 aliphatic rings. The summed E-state index contributed by atoms with van der Waals surface area (Å²) in [6.45, 7) is 1.83. The summed E-state index contributed by atoms with van der Waals surface area (Å²) in [5, 5.41) is 12.0. The van der Waals surface area contributed by atoms with E-state index < -0.39 is 5.97 Å². The highest BCUT2D eigenvalue weighted by molar-refractivity contribution is 5.95. The van der Waals surface area contributed by atoms with E-state index in [9.17, 15) is 9.59 Å². The van der Waals surface area contributed by atoms with E-state index in [0.29, 0.717) is 43.0 Å². The van der Waals surface area contributed by atoms with E-state index in [4.69, 9.17) is 5.11 Å². The van der Waals surface area contributed by atoms with Gasteiger partial charge in [0.2, 0.25) is 0 Å². The molecule has 1 aromatic heterocycles. The second-order valence-electron chi connectivity index (χ2n) is 6.35. The lowest BCUT2D eigenvalue weighted by Crippen LogP contribution is -2.39. The maximum atomic E-state index is 12.5. The van der Waals surface area contributed by atoms with E-state index in [1.165, 1.54) is 0 Å². The third kappa shape index (κ3) is 3.26. The average Bonchev–Trinajstić information content (AvgIpc) is 3.32. The molecule has 1 heterocycles. The van der Waals surface area contributed by atoms with E-state index >= 15 is 0 Å². The van der Waals surface area contributed by atoms with Gasteiger partial charge in [-0.25, -0.2) is 9.97 Å². The number of rotatable bonds is 4. The Morgan fingerprint density at radius 3 is 2.45 bits per heavy atom. The molecule has 3 rings (SSSR count). The number of aryl methyl sites for hydroxylation is 1. The molecule has 1 amide bonds. The molecular formula is C16H21N3O3. The number of aromatic nitrogens is 2. The number of hydrogen-bond donors (Lipinski definition) is 2. The number of nitrogens with one attached hydrogen (secondary N) is 1. The van der Waals surface area contributed by atoms with Crippen LogP contribution in [0.4, 0.5) is 0 Å². The molecule has 0 bridgehead atoms. The molecule has 6 heteroatoms. The second kappa shape index (κ2) is 6.02. The number of carboxylic acid groups (broad SMARTS) is 1. The quantitative estimate of drug-likeness (QED) is 0.888. The topological polar surface area (TPSA) is 92.2 Å². The number of carbonyl (C=O) groups is 2. The molecule has 2 fully saturated rings. The molecule has 2 saturated carbocycles. The van der Waals surface area contributed by atoms with Crippen LogP contribution in [0.25, 0.3) is 0 Å². The second-order valence-corrected chi connectivity index (χ2v) is 6.35. The third-order valence-corrected chi connectivity index (χ3v) is 4.56. The summed E-state index contributed by atoms with van der Waals surface area (Å²) in [7, 11) is 0. The molecule has 1 aromatic rings. The third-order valence-electron chi connectivity index (χ3n) is 4.56. The normalized spacial score (nSPS) is 24.8. The summed E-state index contributed by atoms with van der Waals surface area (Å²) in [6.07, 6.45) is 6.47. The van der Waals surface area contributed by atoms with Crippen molar-refractivity contribution in [3.63, 3.8) is 0 Å². The predicted octanol–water partition coefficient (Wildman–Crippen LogP) is 2.04. The van der Waals surface area contributed by atoms with Crippen molar-refractivity contribution in [1.29, 1.82) is 0 Å². The van der Waals surface area contributed by atoms with Crippen LogP contribution in [0.3, 0.4) is 0 Å². The van der Waals surface area contributed by atoms with Gasteiger partial charge in [-0.05, 0) is 45.4 Å². The number of carboxylic acids is 1. The zero-order valence-electron chi connectivity index (χ0n) is 12.7. The smallest absolute Gasteiger partial charge is 0.306 e. The fraction of sp³-hybridized carbons (Fsp3) is 0.625. The van der Waals surface area contributed by atoms with E-state index in [1.54, 1.807) is 6.20 Å². The molecule has 118 valence electrons. The number of amides is 1. The molecule has 6 nitrogen and oxygen atoms in total. The lowest BCUT2D eigenvalue weighted by molar-refractivity contribution is -0.142. The van der Waals surface area contributed by atoms with Crippen molar-refractivity contribution in [3.05, 3.63) is 23.3 Å². The van der Waals surface area contributed by atoms with Gasteiger partial charge in [-0.1, -0.05) is 0 Å². The van der Waals surface area contributed by atoms with Crippen LogP contribution < -0.4 is 5.32 Å². The fourth-order valence-corrected chi connectivity index (χ4v) is 3.08. The van der Waals surface area contributed by atoms with Gasteiger partial charge in [0.15, 0.2) is 0 Å². The van der Waals surface area contributed by atoms with E-state index in [-0.39, 0.29) is 17.9 Å².